The number of carbonyl (C=O) groups is 2. The van der Waals surface area contributed by atoms with Gasteiger partial charge in [0, 0.05) is 6.54 Å². The number of rotatable bonds is 7. The summed E-state index contributed by atoms with van der Waals surface area (Å²) in [6, 6.07) is 13.6. The van der Waals surface area contributed by atoms with Gasteiger partial charge in [0.1, 0.15) is 18.8 Å². The minimum absolute atomic E-state index is 0.0454. The van der Waals surface area contributed by atoms with Crippen LogP contribution in [-0.4, -0.2) is 40.0 Å². The Morgan fingerprint density at radius 3 is 2.42 bits per heavy atom. The molecule has 2 aromatic carbocycles. The molecule has 2 aromatic rings. The minimum Gasteiger partial charge on any atom is -0.478 e. The number of hydrogen-bond acceptors (Lipinski definition) is 5. The summed E-state index contributed by atoms with van der Waals surface area (Å²) in [5.74, 6) is -1.12. The van der Waals surface area contributed by atoms with Crippen molar-refractivity contribution >= 4 is 12.1 Å². The van der Waals surface area contributed by atoms with Crippen LogP contribution in [-0.2, 0) is 11.3 Å². The summed E-state index contributed by atoms with van der Waals surface area (Å²) in [5, 5.41) is 31.8. The smallest absolute Gasteiger partial charge is 0.407 e. The molecule has 7 nitrogen and oxygen atoms in total. The van der Waals surface area contributed by atoms with E-state index in [1.807, 2.05) is 30.3 Å². The number of aliphatic hydroxyl groups excluding tert-OH is 2. The molecule has 7 heteroatoms. The molecule has 0 saturated heterocycles. The highest BCUT2D eigenvalue weighted by molar-refractivity contribution is 5.89. The average Bonchev–Trinajstić information content (AvgIpc) is 2.64. The van der Waals surface area contributed by atoms with Crippen LogP contribution in [0.3, 0.4) is 0 Å². The van der Waals surface area contributed by atoms with Crippen molar-refractivity contribution in [2.45, 2.75) is 25.7 Å². The standard InChI is InChI=1S/C19H21NO6/c1-12-14(8-5-9-15(12)18(23)24)17(22)16(21)10-20-19(25)26-11-13-6-3-2-4-7-13/h2-9,16-17,21-22H,10-11H2,1H3,(H,20,25)(H,23,24). The van der Waals surface area contributed by atoms with Crippen molar-refractivity contribution in [1.82, 2.24) is 5.32 Å². The minimum atomic E-state index is -1.34. The summed E-state index contributed by atoms with van der Waals surface area (Å²) in [6.07, 6.45) is -3.39. The Morgan fingerprint density at radius 2 is 1.77 bits per heavy atom. The van der Waals surface area contributed by atoms with E-state index in [0.717, 1.165) is 5.56 Å². The molecule has 0 fully saturated rings. The van der Waals surface area contributed by atoms with E-state index in [1.165, 1.54) is 18.2 Å². The molecule has 2 atom stereocenters. The van der Waals surface area contributed by atoms with Crippen LogP contribution in [0.2, 0.25) is 0 Å². The van der Waals surface area contributed by atoms with Crippen LogP contribution in [0.15, 0.2) is 48.5 Å². The van der Waals surface area contributed by atoms with Crippen molar-refractivity contribution in [2.75, 3.05) is 6.54 Å². The second-order valence-corrected chi connectivity index (χ2v) is 5.78. The molecule has 0 aromatic heterocycles. The lowest BCUT2D eigenvalue weighted by Crippen LogP contribution is -2.36. The van der Waals surface area contributed by atoms with Crippen LogP contribution in [0.5, 0.6) is 0 Å². The molecule has 2 unspecified atom stereocenters. The number of hydrogen-bond donors (Lipinski definition) is 4. The highest BCUT2D eigenvalue weighted by Crippen LogP contribution is 2.23. The fourth-order valence-electron chi connectivity index (χ4n) is 2.49. The molecule has 2 rings (SSSR count). The van der Waals surface area contributed by atoms with Crippen LogP contribution in [0.4, 0.5) is 4.79 Å². The average molecular weight is 359 g/mol. The number of carbonyl (C=O) groups excluding carboxylic acids is 1. The third kappa shape index (κ3) is 5.05. The van der Waals surface area contributed by atoms with E-state index >= 15 is 0 Å². The van der Waals surface area contributed by atoms with Gasteiger partial charge in [0.05, 0.1) is 5.56 Å². The fraction of sp³-hybridized carbons (Fsp3) is 0.263. The van der Waals surface area contributed by atoms with Crippen LogP contribution in [0.1, 0.15) is 33.2 Å². The van der Waals surface area contributed by atoms with Crippen molar-refractivity contribution in [3.05, 3.63) is 70.8 Å². The second kappa shape index (κ2) is 8.98. The monoisotopic (exact) mass is 359 g/mol. The van der Waals surface area contributed by atoms with Crippen LogP contribution >= 0.6 is 0 Å². The number of nitrogens with one attached hydrogen (secondary N) is 1. The SMILES string of the molecule is Cc1c(C(=O)O)cccc1C(O)C(O)CNC(=O)OCc1ccccc1. The quantitative estimate of drug-likeness (QED) is 0.601. The molecular weight excluding hydrogens is 338 g/mol. The zero-order chi connectivity index (χ0) is 19.1. The highest BCUT2D eigenvalue weighted by atomic mass is 16.5. The summed E-state index contributed by atoms with van der Waals surface area (Å²) in [7, 11) is 0. The Bertz CT molecular complexity index is 762. The van der Waals surface area contributed by atoms with Crippen molar-refractivity contribution in [3.63, 3.8) is 0 Å². The molecule has 4 N–H and O–H groups in total. The zero-order valence-corrected chi connectivity index (χ0v) is 14.3. The van der Waals surface area contributed by atoms with Crippen LogP contribution < -0.4 is 5.32 Å². The molecule has 138 valence electrons. The Morgan fingerprint density at radius 1 is 1.08 bits per heavy atom. The second-order valence-electron chi connectivity index (χ2n) is 5.78. The summed E-state index contributed by atoms with van der Waals surface area (Å²) >= 11 is 0. The number of ether oxygens (including phenoxy) is 1. The van der Waals surface area contributed by atoms with E-state index < -0.39 is 24.3 Å². The Kier molecular flexibility index (Phi) is 6.71. The van der Waals surface area contributed by atoms with E-state index in [0.29, 0.717) is 5.56 Å². The van der Waals surface area contributed by atoms with Crippen molar-refractivity contribution in [2.24, 2.45) is 0 Å². The van der Waals surface area contributed by atoms with Gasteiger partial charge in [-0.2, -0.15) is 0 Å². The zero-order valence-electron chi connectivity index (χ0n) is 14.3. The van der Waals surface area contributed by atoms with E-state index in [2.05, 4.69) is 5.32 Å². The summed E-state index contributed by atoms with van der Waals surface area (Å²) in [6.45, 7) is 1.40. The maximum Gasteiger partial charge on any atom is 0.407 e. The van der Waals surface area contributed by atoms with Gasteiger partial charge in [0.2, 0.25) is 0 Å². The normalized spacial score (nSPS) is 12.9. The van der Waals surface area contributed by atoms with Gasteiger partial charge in [-0.1, -0.05) is 42.5 Å². The molecular formula is C19H21NO6. The Hall–Kier alpha value is -2.90. The first kappa shape index (κ1) is 19.4. The lowest BCUT2D eigenvalue weighted by Gasteiger charge is -2.21. The Balaban J connectivity index is 1.89. The van der Waals surface area contributed by atoms with Crippen LogP contribution in [0, 0.1) is 6.92 Å². The predicted molar refractivity (Wildman–Crippen MR) is 93.7 cm³/mol. The molecule has 0 bridgehead atoms. The van der Waals surface area contributed by atoms with E-state index in [9.17, 15) is 19.8 Å². The molecule has 0 aliphatic carbocycles. The first-order chi connectivity index (χ1) is 12.4. The summed E-state index contributed by atoms with van der Waals surface area (Å²) in [5.41, 5.74) is 1.52. The third-order valence-corrected chi connectivity index (χ3v) is 3.96. The van der Waals surface area contributed by atoms with E-state index in [1.54, 1.807) is 6.92 Å². The number of carboxylic acid groups (broad SMARTS) is 1. The predicted octanol–water partition coefficient (Wildman–Crippen LogP) is 2.01. The Labute approximate surface area is 150 Å². The van der Waals surface area contributed by atoms with Gasteiger partial charge in [0.25, 0.3) is 0 Å². The van der Waals surface area contributed by atoms with Gasteiger partial charge in [-0.05, 0) is 29.7 Å². The molecule has 0 saturated carbocycles. The maximum absolute atomic E-state index is 11.7. The molecule has 0 aliphatic heterocycles. The molecule has 0 spiro atoms. The summed E-state index contributed by atoms with van der Waals surface area (Å²) < 4.78 is 5.02. The van der Waals surface area contributed by atoms with Crippen LogP contribution in [0.25, 0.3) is 0 Å². The molecule has 0 heterocycles. The van der Waals surface area contributed by atoms with Crippen molar-refractivity contribution in [1.29, 1.82) is 0 Å². The van der Waals surface area contributed by atoms with Crippen molar-refractivity contribution < 1.29 is 29.6 Å². The van der Waals surface area contributed by atoms with Gasteiger partial charge >= 0.3 is 12.1 Å². The lowest BCUT2D eigenvalue weighted by molar-refractivity contribution is 0.0180. The number of benzene rings is 2. The highest BCUT2D eigenvalue weighted by Gasteiger charge is 2.23. The maximum atomic E-state index is 11.7. The number of aromatic carboxylic acids is 1. The van der Waals surface area contributed by atoms with E-state index in [-0.39, 0.29) is 24.3 Å². The number of carboxylic acids is 1. The first-order valence-corrected chi connectivity index (χ1v) is 8.03. The fourth-order valence-corrected chi connectivity index (χ4v) is 2.49. The molecule has 26 heavy (non-hydrogen) atoms. The van der Waals surface area contributed by atoms with Gasteiger partial charge in [0.15, 0.2) is 0 Å². The first-order valence-electron chi connectivity index (χ1n) is 8.03. The van der Waals surface area contributed by atoms with Crippen molar-refractivity contribution in [3.8, 4) is 0 Å². The largest absolute Gasteiger partial charge is 0.478 e. The number of aliphatic hydroxyl groups is 2. The van der Waals surface area contributed by atoms with Gasteiger partial charge in [-0.15, -0.1) is 0 Å². The van der Waals surface area contributed by atoms with E-state index in [4.69, 9.17) is 9.84 Å². The third-order valence-electron chi connectivity index (χ3n) is 3.96. The van der Waals surface area contributed by atoms with Gasteiger partial charge in [-0.25, -0.2) is 9.59 Å². The molecule has 0 radical (unpaired) electrons. The van der Waals surface area contributed by atoms with Gasteiger partial charge < -0.3 is 25.4 Å². The lowest BCUT2D eigenvalue weighted by atomic mass is 9.95. The number of amides is 1. The summed E-state index contributed by atoms with van der Waals surface area (Å²) in [4.78, 5) is 22.8. The number of alkyl carbamates (subject to hydrolysis) is 1. The topological polar surface area (TPSA) is 116 Å². The molecule has 0 aliphatic rings. The van der Waals surface area contributed by atoms with Gasteiger partial charge in [-0.3, -0.25) is 0 Å². The molecule has 1 amide bonds.